The molecule has 2 aliphatic heterocycles. The largest absolute Gasteiger partial charge is 0.472 e. The molecule has 1 aliphatic carbocycles. The van der Waals surface area contributed by atoms with Crippen molar-refractivity contribution in [1.29, 1.82) is 0 Å². The molecular formula is C15H24O9. The fourth-order valence-corrected chi connectivity index (χ4v) is 3.81. The number of ether oxygens (including phenoxy) is 3. The van der Waals surface area contributed by atoms with Gasteiger partial charge in [0, 0.05) is 0 Å². The zero-order valence-electron chi connectivity index (χ0n) is 13.2. The van der Waals surface area contributed by atoms with Crippen molar-refractivity contribution in [2.24, 2.45) is 11.8 Å². The Morgan fingerprint density at radius 3 is 2.50 bits per heavy atom. The monoisotopic (exact) mass is 348 g/mol. The molecule has 3 rings (SSSR count). The van der Waals surface area contributed by atoms with Crippen LogP contribution in [0.25, 0.3) is 0 Å². The maximum atomic E-state index is 10.7. The lowest BCUT2D eigenvalue weighted by molar-refractivity contribution is -0.347. The molecule has 1 saturated heterocycles. The second kappa shape index (κ2) is 6.50. The minimum Gasteiger partial charge on any atom is -0.472 e. The van der Waals surface area contributed by atoms with Gasteiger partial charge in [0.25, 0.3) is 0 Å². The van der Waals surface area contributed by atoms with Crippen LogP contribution in [-0.2, 0) is 14.2 Å². The Morgan fingerprint density at radius 2 is 1.83 bits per heavy atom. The summed E-state index contributed by atoms with van der Waals surface area (Å²) in [7, 11) is 0. The molecule has 138 valence electrons. The van der Waals surface area contributed by atoms with E-state index >= 15 is 0 Å². The fraction of sp³-hybridized carbons (Fsp3) is 0.867. The maximum absolute atomic E-state index is 10.7. The predicted octanol–water partition coefficient (Wildman–Crippen LogP) is -2.58. The lowest BCUT2D eigenvalue weighted by Gasteiger charge is -2.44. The Hall–Kier alpha value is -0.780. The highest BCUT2D eigenvalue weighted by molar-refractivity contribution is 5.16. The van der Waals surface area contributed by atoms with Gasteiger partial charge in [-0.3, -0.25) is 0 Å². The molecule has 3 aliphatic rings. The Kier molecular flexibility index (Phi) is 4.89. The van der Waals surface area contributed by atoms with E-state index in [1.165, 1.54) is 12.3 Å². The van der Waals surface area contributed by atoms with E-state index < -0.39 is 61.2 Å². The maximum Gasteiger partial charge on any atom is 0.207 e. The molecule has 24 heavy (non-hydrogen) atoms. The highest BCUT2D eigenvalue weighted by Gasteiger charge is 2.58. The van der Waals surface area contributed by atoms with Gasteiger partial charge in [-0.2, -0.15) is 0 Å². The van der Waals surface area contributed by atoms with Crippen molar-refractivity contribution in [2.45, 2.75) is 62.0 Å². The number of aliphatic hydroxyl groups is 6. The molecule has 0 bridgehead atoms. The van der Waals surface area contributed by atoms with E-state index in [1.807, 2.05) is 6.92 Å². The predicted molar refractivity (Wildman–Crippen MR) is 77.1 cm³/mol. The Labute approximate surface area is 138 Å². The second-order valence-electron chi connectivity index (χ2n) is 6.78. The van der Waals surface area contributed by atoms with Gasteiger partial charge in [-0.25, -0.2) is 0 Å². The third-order valence-corrected chi connectivity index (χ3v) is 5.23. The molecule has 2 fully saturated rings. The van der Waals surface area contributed by atoms with Gasteiger partial charge in [-0.15, -0.1) is 0 Å². The Morgan fingerprint density at radius 1 is 1.12 bits per heavy atom. The quantitative estimate of drug-likeness (QED) is 0.323. The molecule has 10 atom stereocenters. The summed E-state index contributed by atoms with van der Waals surface area (Å²) in [6.07, 6.45) is -6.15. The Bertz CT molecular complexity index is 484. The van der Waals surface area contributed by atoms with Gasteiger partial charge in [-0.05, 0) is 18.4 Å². The molecule has 1 saturated carbocycles. The molecule has 0 aromatic carbocycles. The summed E-state index contributed by atoms with van der Waals surface area (Å²) < 4.78 is 16.3. The van der Waals surface area contributed by atoms with Crippen LogP contribution in [0.3, 0.4) is 0 Å². The van der Waals surface area contributed by atoms with Crippen LogP contribution in [-0.4, -0.2) is 85.9 Å². The number of hydrogen-bond donors (Lipinski definition) is 6. The molecule has 0 spiro atoms. The first-order valence-electron chi connectivity index (χ1n) is 7.99. The average Bonchev–Trinajstić information content (AvgIpc) is 2.78. The van der Waals surface area contributed by atoms with E-state index in [1.54, 1.807) is 0 Å². The number of fused-ring (bicyclic) bond motifs is 1. The summed E-state index contributed by atoms with van der Waals surface area (Å²) in [5, 5.41) is 59.6. The van der Waals surface area contributed by atoms with Gasteiger partial charge in [0.05, 0.1) is 24.9 Å². The van der Waals surface area contributed by atoms with Gasteiger partial charge in [0.1, 0.15) is 30.0 Å². The Balaban J connectivity index is 1.77. The second-order valence-corrected chi connectivity index (χ2v) is 6.78. The van der Waals surface area contributed by atoms with Crippen molar-refractivity contribution in [3.05, 3.63) is 12.3 Å². The molecule has 9 nitrogen and oxygen atoms in total. The summed E-state index contributed by atoms with van der Waals surface area (Å²) in [6, 6.07) is 0. The normalized spacial score (nSPS) is 54.4. The summed E-state index contributed by atoms with van der Waals surface area (Å²) >= 11 is 0. The first-order chi connectivity index (χ1) is 11.3. The molecular weight excluding hydrogens is 324 g/mol. The van der Waals surface area contributed by atoms with Crippen LogP contribution in [0.15, 0.2) is 12.3 Å². The van der Waals surface area contributed by atoms with Gasteiger partial charge >= 0.3 is 0 Å². The van der Waals surface area contributed by atoms with Crippen LogP contribution in [0.4, 0.5) is 0 Å². The SMILES string of the molecule is C[C@H]1C[C@@H](O)[C@]2(O)C=CO[C@@H](O[C@@H]3O[C@H](CO)[C@@H](O)[C@H](O)[C@H]3O)[C@H]12. The summed E-state index contributed by atoms with van der Waals surface area (Å²) in [6.45, 7) is 1.26. The van der Waals surface area contributed by atoms with Crippen LogP contribution < -0.4 is 0 Å². The lowest BCUT2D eigenvalue weighted by Crippen LogP contribution is -2.61. The van der Waals surface area contributed by atoms with Crippen LogP contribution in [0.2, 0.25) is 0 Å². The molecule has 0 radical (unpaired) electrons. The van der Waals surface area contributed by atoms with Crippen LogP contribution in [0.5, 0.6) is 0 Å². The van der Waals surface area contributed by atoms with Crippen LogP contribution in [0, 0.1) is 11.8 Å². The van der Waals surface area contributed by atoms with Gasteiger partial charge in [-0.1, -0.05) is 6.92 Å². The molecule has 0 unspecified atom stereocenters. The highest BCUT2D eigenvalue weighted by atomic mass is 16.8. The fourth-order valence-electron chi connectivity index (χ4n) is 3.81. The summed E-state index contributed by atoms with van der Waals surface area (Å²) in [5.41, 5.74) is -1.52. The first-order valence-corrected chi connectivity index (χ1v) is 7.99. The topological polar surface area (TPSA) is 149 Å². The third kappa shape index (κ3) is 2.74. The molecule has 6 N–H and O–H groups in total. The number of aliphatic hydroxyl groups excluding tert-OH is 5. The smallest absolute Gasteiger partial charge is 0.207 e. The standard InChI is InChI=1S/C15H24O9/c1-6-4-8(17)15(21)2-3-22-13(9(6)15)24-14-12(20)11(19)10(18)7(5-16)23-14/h2-3,6-14,16-21H,4-5H2,1H3/t6-,7+,8+,9-,10+,11-,12+,13-,14-,15+/m0/s1. The highest BCUT2D eigenvalue weighted by Crippen LogP contribution is 2.47. The van der Waals surface area contributed by atoms with Gasteiger partial charge < -0.3 is 44.8 Å². The summed E-state index contributed by atoms with van der Waals surface area (Å²) in [4.78, 5) is 0. The van der Waals surface area contributed by atoms with Crippen molar-refractivity contribution in [3.63, 3.8) is 0 Å². The van der Waals surface area contributed by atoms with Crippen molar-refractivity contribution in [1.82, 2.24) is 0 Å². The zero-order valence-corrected chi connectivity index (χ0v) is 13.2. The van der Waals surface area contributed by atoms with Crippen molar-refractivity contribution in [3.8, 4) is 0 Å². The van der Waals surface area contributed by atoms with E-state index in [4.69, 9.17) is 14.2 Å². The number of hydrogen-bond acceptors (Lipinski definition) is 9. The minimum atomic E-state index is -1.56. The van der Waals surface area contributed by atoms with Gasteiger partial charge in [0.15, 0.2) is 6.29 Å². The first kappa shape index (κ1) is 18.0. The van der Waals surface area contributed by atoms with E-state index in [2.05, 4.69) is 0 Å². The lowest BCUT2D eigenvalue weighted by atomic mass is 9.84. The van der Waals surface area contributed by atoms with E-state index in [0.717, 1.165) is 0 Å². The van der Waals surface area contributed by atoms with Crippen LogP contribution in [0.1, 0.15) is 13.3 Å². The zero-order chi connectivity index (χ0) is 17.6. The van der Waals surface area contributed by atoms with E-state index in [-0.39, 0.29) is 5.92 Å². The summed E-state index contributed by atoms with van der Waals surface area (Å²) in [5.74, 6) is -0.741. The van der Waals surface area contributed by atoms with Crippen molar-refractivity contribution in [2.75, 3.05) is 6.61 Å². The molecule has 2 heterocycles. The molecule has 9 heteroatoms. The van der Waals surface area contributed by atoms with E-state index in [0.29, 0.717) is 6.42 Å². The van der Waals surface area contributed by atoms with E-state index in [9.17, 15) is 30.6 Å². The third-order valence-electron chi connectivity index (χ3n) is 5.23. The number of rotatable bonds is 3. The van der Waals surface area contributed by atoms with Gasteiger partial charge in [0.2, 0.25) is 6.29 Å². The molecule has 0 amide bonds. The van der Waals surface area contributed by atoms with Crippen LogP contribution >= 0.6 is 0 Å². The van der Waals surface area contributed by atoms with Crippen molar-refractivity contribution >= 4 is 0 Å². The molecule has 0 aromatic rings. The van der Waals surface area contributed by atoms with Crippen molar-refractivity contribution < 1.29 is 44.8 Å². The minimum absolute atomic E-state index is 0.134. The molecule has 0 aromatic heterocycles. The average molecular weight is 348 g/mol.